The predicted molar refractivity (Wildman–Crippen MR) is 80.2 cm³/mol. The molecular weight excluding hydrogens is 259 g/mol. The summed E-state index contributed by atoms with van der Waals surface area (Å²) in [6.45, 7) is 4.63. The van der Waals surface area contributed by atoms with E-state index in [0.29, 0.717) is 0 Å². The average Bonchev–Trinajstić information content (AvgIpc) is 2.42. The fraction of sp³-hybridized carbons (Fsp3) is 0.600. The lowest BCUT2D eigenvalue weighted by Gasteiger charge is -2.27. The Morgan fingerprint density at radius 1 is 1.26 bits per heavy atom. The highest BCUT2D eigenvalue weighted by atomic mass is 32.2. The smallest absolute Gasteiger partial charge is 0.123 e. The zero-order chi connectivity index (χ0) is 13.5. The van der Waals surface area contributed by atoms with Gasteiger partial charge in [-0.3, -0.25) is 0 Å². The van der Waals surface area contributed by atoms with Crippen molar-refractivity contribution in [3.63, 3.8) is 0 Å². The van der Waals surface area contributed by atoms with Gasteiger partial charge >= 0.3 is 0 Å². The Labute approximate surface area is 119 Å². The fourth-order valence-electron chi connectivity index (χ4n) is 2.45. The van der Waals surface area contributed by atoms with Gasteiger partial charge in [0.2, 0.25) is 0 Å². The standard InChI is InChI=1S/C15H23FN2S/c1-18(12-13-6-8-17-9-7-13)10-11-19-15-4-2-14(16)3-5-15/h2-5,13,17H,6-12H2,1H3. The number of nitrogens with zero attached hydrogens (tertiary/aromatic N) is 1. The maximum Gasteiger partial charge on any atom is 0.123 e. The molecule has 106 valence electrons. The van der Waals surface area contributed by atoms with Gasteiger partial charge in [-0.05, 0) is 63.2 Å². The molecule has 0 saturated carbocycles. The maximum atomic E-state index is 12.8. The van der Waals surface area contributed by atoms with E-state index >= 15 is 0 Å². The second-order valence-corrected chi connectivity index (χ2v) is 6.43. The van der Waals surface area contributed by atoms with Crippen LogP contribution >= 0.6 is 11.8 Å². The quantitative estimate of drug-likeness (QED) is 0.808. The van der Waals surface area contributed by atoms with Crippen molar-refractivity contribution < 1.29 is 4.39 Å². The van der Waals surface area contributed by atoms with Crippen LogP contribution in [-0.2, 0) is 0 Å². The van der Waals surface area contributed by atoms with Crippen molar-refractivity contribution in [1.82, 2.24) is 10.2 Å². The van der Waals surface area contributed by atoms with Crippen molar-refractivity contribution in [3.8, 4) is 0 Å². The SMILES string of the molecule is CN(CCSc1ccc(F)cc1)CC1CCNCC1. The van der Waals surface area contributed by atoms with Crippen molar-refractivity contribution in [2.24, 2.45) is 5.92 Å². The largest absolute Gasteiger partial charge is 0.317 e. The van der Waals surface area contributed by atoms with Gasteiger partial charge < -0.3 is 10.2 Å². The Morgan fingerprint density at radius 2 is 1.95 bits per heavy atom. The third-order valence-electron chi connectivity index (χ3n) is 3.58. The lowest BCUT2D eigenvalue weighted by molar-refractivity contribution is 0.250. The molecule has 0 bridgehead atoms. The van der Waals surface area contributed by atoms with Gasteiger partial charge in [0.05, 0.1) is 0 Å². The van der Waals surface area contributed by atoms with Crippen molar-refractivity contribution in [3.05, 3.63) is 30.1 Å². The van der Waals surface area contributed by atoms with Crippen LogP contribution in [-0.4, -0.2) is 43.9 Å². The summed E-state index contributed by atoms with van der Waals surface area (Å²) in [7, 11) is 2.20. The first-order valence-corrected chi connectivity index (χ1v) is 8.00. The lowest BCUT2D eigenvalue weighted by atomic mass is 9.98. The molecule has 0 atom stereocenters. The van der Waals surface area contributed by atoms with Gasteiger partial charge in [0.25, 0.3) is 0 Å². The third kappa shape index (κ3) is 5.51. The third-order valence-corrected chi connectivity index (χ3v) is 4.58. The van der Waals surface area contributed by atoms with Gasteiger partial charge in [-0.25, -0.2) is 4.39 Å². The molecule has 1 aromatic rings. The zero-order valence-corrected chi connectivity index (χ0v) is 12.4. The number of hydrogen-bond donors (Lipinski definition) is 1. The predicted octanol–water partition coefficient (Wildman–Crippen LogP) is 2.85. The Balaban J connectivity index is 1.63. The minimum absolute atomic E-state index is 0.160. The highest BCUT2D eigenvalue weighted by Gasteiger charge is 2.14. The van der Waals surface area contributed by atoms with Crippen LogP contribution in [0.4, 0.5) is 4.39 Å². The molecule has 19 heavy (non-hydrogen) atoms. The first-order valence-electron chi connectivity index (χ1n) is 7.01. The Hall–Kier alpha value is -0.580. The van der Waals surface area contributed by atoms with Gasteiger partial charge in [-0.2, -0.15) is 0 Å². The van der Waals surface area contributed by atoms with Crippen molar-refractivity contribution >= 4 is 11.8 Å². The van der Waals surface area contributed by atoms with Crippen LogP contribution in [0.2, 0.25) is 0 Å². The van der Waals surface area contributed by atoms with Crippen LogP contribution in [0.1, 0.15) is 12.8 Å². The van der Waals surface area contributed by atoms with Gasteiger partial charge in [-0.1, -0.05) is 0 Å². The minimum Gasteiger partial charge on any atom is -0.317 e. The summed E-state index contributed by atoms with van der Waals surface area (Å²) in [4.78, 5) is 3.57. The van der Waals surface area contributed by atoms with Gasteiger partial charge in [0.15, 0.2) is 0 Å². The summed E-state index contributed by atoms with van der Waals surface area (Å²) in [5, 5.41) is 3.40. The van der Waals surface area contributed by atoms with E-state index in [9.17, 15) is 4.39 Å². The molecule has 0 radical (unpaired) electrons. The summed E-state index contributed by atoms with van der Waals surface area (Å²) >= 11 is 1.80. The molecule has 1 saturated heterocycles. The number of thioether (sulfide) groups is 1. The highest BCUT2D eigenvalue weighted by Crippen LogP contribution is 2.18. The highest BCUT2D eigenvalue weighted by molar-refractivity contribution is 7.99. The molecule has 2 rings (SSSR count). The summed E-state index contributed by atoms with van der Waals surface area (Å²) in [6, 6.07) is 6.77. The average molecular weight is 282 g/mol. The van der Waals surface area contributed by atoms with Crippen molar-refractivity contribution in [1.29, 1.82) is 0 Å². The molecular formula is C15H23FN2S. The molecule has 1 aromatic carbocycles. The summed E-state index contributed by atoms with van der Waals surface area (Å²) < 4.78 is 12.8. The molecule has 0 unspecified atom stereocenters. The molecule has 0 amide bonds. The second-order valence-electron chi connectivity index (χ2n) is 5.26. The monoisotopic (exact) mass is 282 g/mol. The molecule has 1 aliphatic heterocycles. The zero-order valence-electron chi connectivity index (χ0n) is 11.6. The number of nitrogens with one attached hydrogen (secondary N) is 1. The Morgan fingerprint density at radius 3 is 2.63 bits per heavy atom. The molecule has 0 spiro atoms. The molecule has 0 aromatic heterocycles. The Bertz CT molecular complexity index is 363. The van der Waals surface area contributed by atoms with Crippen molar-refractivity contribution in [2.45, 2.75) is 17.7 Å². The first kappa shape index (κ1) is 14.8. The van der Waals surface area contributed by atoms with E-state index in [2.05, 4.69) is 17.3 Å². The van der Waals surface area contributed by atoms with E-state index in [1.165, 1.54) is 44.6 Å². The number of benzene rings is 1. The number of hydrogen-bond acceptors (Lipinski definition) is 3. The van der Waals surface area contributed by atoms with E-state index in [-0.39, 0.29) is 5.82 Å². The van der Waals surface area contributed by atoms with E-state index in [0.717, 1.165) is 23.1 Å². The topological polar surface area (TPSA) is 15.3 Å². The summed E-state index contributed by atoms with van der Waals surface area (Å²) in [6.07, 6.45) is 2.60. The molecule has 4 heteroatoms. The van der Waals surface area contributed by atoms with E-state index in [4.69, 9.17) is 0 Å². The number of piperidine rings is 1. The lowest BCUT2D eigenvalue weighted by Crippen LogP contribution is -2.35. The molecule has 2 nitrogen and oxygen atoms in total. The van der Waals surface area contributed by atoms with E-state index < -0.39 is 0 Å². The Kier molecular flexibility index (Phi) is 6.14. The van der Waals surface area contributed by atoms with Crippen LogP contribution in [0, 0.1) is 11.7 Å². The fourth-order valence-corrected chi connectivity index (χ4v) is 3.41. The summed E-state index contributed by atoms with van der Waals surface area (Å²) in [5.74, 6) is 1.75. The molecule has 1 fully saturated rings. The van der Waals surface area contributed by atoms with Gasteiger partial charge in [0.1, 0.15) is 5.82 Å². The molecule has 1 N–H and O–H groups in total. The molecule has 0 aliphatic carbocycles. The van der Waals surface area contributed by atoms with Crippen LogP contribution < -0.4 is 5.32 Å². The normalized spacial score (nSPS) is 17.0. The second kappa shape index (κ2) is 7.88. The van der Waals surface area contributed by atoms with Crippen LogP contribution in [0.5, 0.6) is 0 Å². The van der Waals surface area contributed by atoms with Crippen LogP contribution in [0.25, 0.3) is 0 Å². The van der Waals surface area contributed by atoms with E-state index in [1.807, 2.05) is 12.1 Å². The summed E-state index contributed by atoms with van der Waals surface area (Å²) in [5.41, 5.74) is 0. The molecule has 1 aliphatic rings. The first-order chi connectivity index (χ1) is 9.24. The maximum absolute atomic E-state index is 12.8. The van der Waals surface area contributed by atoms with Crippen molar-refractivity contribution in [2.75, 3.05) is 39.0 Å². The minimum atomic E-state index is -0.160. The number of halogens is 1. The number of rotatable bonds is 6. The van der Waals surface area contributed by atoms with Gasteiger partial charge in [0, 0.05) is 23.7 Å². The van der Waals surface area contributed by atoms with Crippen LogP contribution in [0.3, 0.4) is 0 Å². The molecule has 1 heterocycles. The van der Waals surface area contributed by atoms with Crippen LogP contribution in [0.15, 0.2) is 29.2 Å². The van der Waals surface area contributed by atoms with Gasteiger partial charge in [-0.15, -0.1) is 11.8 Å². The van der Waals surface area contributed by atoms with E-state index in [1.54, 1.807) is 11.8 Å².